The molecule has 1 N–H and O–H groups in total. The summed E-state index contributed by atoms with van der Waals surface area (Å²) in [6.07, 6.45) is 1.70. The van der Waals surface area contributed by atoms with Crippen LogP contribution in [0, 0.1) is 5.92 Å². The molecule has 0 aliphatic heterocycles. The van der Waals surface area contributed by atoms with Crippen molar-refractivity contribution >= 4 is 21.1 Å². The van der Waals surface area contributed by atoms with E-state index in [9.17, 15) is 13.2 Å². The van der Waals surface area contributed by atoms with Gasteiger partial charge in [-0.2, -0.15) is 0 Å². The normalized spacial score (nSPS) is 13.3. The third-order valence-corrected chi connectivity index (χ3v) is 6.47. The Hall–Kier alpha value is -2.38. The van der Waals surface area contributed by atoms with E-state index < -0.39 is 15.8 Å². The first-order chi connectivity index (χ1) is 12.9. The largest absolute Gasteiger partial charge is 0.419 e. The zero-order valence-electron chi connectivity index (χ0n) is 15.7. The molecule has 6 nitrogen and oxygen atoms in total. The summed E-state index contributed by atoms with van der Waals surface area (Å²) in [6.45, 7) is 4.12. The number of hydrogen-bond acceptors (Lipinski definition) is 4. The van der Waals surface area contributed by atoms with E-state index in [0.717, 1.165) is 18.4 Å². The van der Waals surface area contributed by atoms with Gasteiger partial charge < -0.3 is 4.42 Å². The molecule has 0 fully saturated rings. The van der Waals surface area contributed by atoms with E-state index in [1.54, 1.807) is 13.1 Å². The van der Waals surface area contributed by atoms with Gasteiger partial charge in [0.15, 0.2) is 5.58 Å². The SMILES string of the molecule is CCC(CC)C(NS(=O)(=O)c1ccc2c(c1)oc(=O)n2C)c1ccccc1. The molecule has 0 aliphatic carbocycles. The van der Waals surface area contributed by atoms with Crippen molar-refractivity contribution in [3.05, 3.63) is 64.6 Å². The predicted molar refractivity (Wildman–Crippen MR) is 105 cm³/mol. The average molecular weight is 388 g/mol. The highest BCUT2D eigenvalue weighted by Crippen LogP contribution is 2.29. The highest BCUT2D eigenvalue weighted by molar-refractivity contribution is 7.89. The van der Waals surface area contributed by atoms with Crippen molar-refractivity contribution in [3.63, 3.8) is 0 Å². The molecule has 1 heterocycles. The minimum Gasteiger partial charge on any atom is -0.408 e. The zero-order chi connectivity index (χ0) is 19.6. The van der Waals surface area contributed by atoms with E-state index in [2.05, 4.69) is 18.6 Å². The number of hydrogen-bond donors (Lipinski definition) is 1. The van der Waals surface area contributed by atoms with Gasteiger partial charge in [0.1, 0.15) is 0 Å². The van der Waals surface area contributed by atoms with Crippen LogP contribution in [0.3, 0.4) is 0 Å². The Bertz CT molecular complexity index is 1080. The molecule has 144 valence electrons. The van der Waals surface area contributed by atoms with Crippen LogP contribution in [0.4, 0.5) is 0 Å². The first-order valence-electron chi connectivity index (χ1n) is 9.04. The molecule has 7 heteroatoms. The van der Waals surface area contributed by atoms with Crippen LogP contribution in [-0.4, -0.2) is 13.0 Å². The van der Waals surface area contributed by atoms with Crippen molar-refractivity contribution in [2.45, 2.75) is 37.6 Å². The summed E-state index contributed by atoms with van der Waals surface area (Å²) in [4.78, 5) is 11.7. The Balaban J connectivity index is 2.00. The van der Waals surface area contributed by atoms with Crippen LogP contribution in [-0.2, 0) is 17.1 Å². The summed E-state index contributed by atoms with van der Waals surface area (Å²) < 4.78 is 35.4. The lowest BCUT2D eigenvalue weighted by Crippen LogP contribution is -2.33. The third kappa shape index (κ3) is 3.84. The fourth-order valence-electron chi connectivity index (χ4n) is 3.37. The van der Waals surface area contributed by atoms with Crippen molar-refractivity contribution < 1.29 is 12.8 Å². The lowest BCUT2D eigenvalue weighted by molar-refractivity contribution is 0.378. The highest BCUT2D eigenvalue weighted by Gasteiger charge is 2.27. The van der Waals surface area contributed by atoms with Crippen LogP contribution in [0.5, 0.6) is 0 Å². The van der Waals surface area contributed by atoms with Crippen molar-refractivity contribution in [1.29, 1.82) is 0 Å². The van der Waals surface area contributed by atoms with Crippen molar-refractivity contribution in [1.82, 2.24) is 9.29 Å². The summed E-state index contributed by atoms with van der Waals surface area (Å²) in [5, 5.41) is 0. The van der Waals surface area contributed by atoms with Gasteiger partial charge >= 0.3 is 5.76 Å². The van der Waals surface area contributed by atoms with Crippen LogP contribution in [0.15, 0.2) is 62.6 Å². The third-order valence-electron chi connectivity index (χ3n) is 5.04. The Morgan fingerprint density at radius 3 is 2.37 bits per heavy atom. The van der Waals surface area contributed by atoms with E-state index >= 15 is 0 Å². The molecule has 0 saturated heterocycles. The van der Waals surface area contributed by atoms with Gasteiger partial charge in [-0.15, -0.1) is 0 Å². The number of nitrogens with zero attached hydrogens (tertiary/aromatic N) is 1. The van der Waals surface area contributed by atoms with Gasteiger partial charge in [-0.3, -0.25) is 4.57 Å². The highest BCUT2D eigenvalue weighted by atomic mass is 32.2. The van der Waals surface area contributed by atoms with Gasteiger partial charge in [-0.05, 0) is 23.6 Å². The number of fused-ring (bicyclic) bond motifs is 1. The number of benzene rings is 2. The summed E-state index contributed by atoms with van der Waals surface area (Å²) in [5.74, 6) is -0.354. The van der Waals surface area contributed by atoms with Gasteiger partial charge in [-0.1, -0.05) is 57.0 Å². The maximum Gasteiger partial charge on any atom is 0.419 e. The summed E-state index contributed by atoms with van der Waals surface area (Å²) in [6, 6.07) is 13.7. The van der Waals surface area contributed by atoms with Gasteiger partial charge in [0.2, 0.25) is 10.0 Å². The average Bonchev–Trinajstić information content (AvgIpc) is 2.96. The minimum atomic E-state index is -3.79. The summed E-state index contributed by atoms with van der Waals surface area (Å²) >= 11 is 0. The van der Waals surface area contributed by atoms with Crippen LogP contribution in [0.25, 0.3) is 11.1 Å². The number of rotatable bonds is 7. The molecule has 3 rings (SSSR count). The molecule has 2 aromatic carbocycles. The summed E-state index contributed by atoms with van der Waals surface area (Å²) in [7, 11) is -2.21. The van der Waals surface area contributed by atoms with Crippen LogP contribution in [0.2, 0.25) is 0 Å². The number of aryl methyl sites for hydroxylation is 1. The molecule has 1 atom stereocenters. The molecule has 0 aliphatic rings. The fraction of sp³-hybridized carbons (Fsp3) is 0.350. The molecule has 0 bridgehead atoms. The smallest absolute Gasteiger partial charge is 0.408 e. The maximum atomic E-state index is 13.0. The standard InChI is InChI=1S/C20H24N2O4S/c1-4-14(5-2)19(15-9-7-6-8-10-15)21-27(24,25)16-11-12-17-18(13-16)26-20(23)22(17)3/h6-14,19,21H,4-5H2,1-3H3. The molecule has 0 radical (unpaired) electrons. The number of oxazole rings is 1. The van der Waals surface area contributed by atoms with E-state index in [1.165, 1.54) is 16.7 Å². The van der Waals surface area contributed by atoms with Gasteiger partial charge in [0, 0.05) is 19.2 Å². The van der Waals surface area contributed by atoms with Crippen LogP contribution >= 0.6 is 0 Å². The van der Waals surface area contributed by atoms with Crippen LogP contribution < -0.4 is 10.5 Å². The first-order valence-corrected chi connectivity index (χ1v) is 10.5. The van der Waals surface area contributed by atoms with Crippen molar-refractivity contribution in [3.8, 4) is 0 Å². The zero-order valence-corrected chi connectivity index (χ0v) is 16.5. The Labute approximate surface area is 158 Å². The Kier molecular flexibility index (Phi) is 5.53. The minimum absolute atomic E-state index is 0.0798. The quantitative estimate of drug-likeness (QED) is 0.671. The lowest BCUT2D eigenvalue weighted by Gasteiger charge is -2.26. The van der Waals surface area contributed by atoms with Crippen molar-refractivity contribution in [2.24, 2.45) is 13.0 Å². The molecule has 0 saturated carbocycles. The summed E-state index contributed by atoms with van der Waals surface area (Å²) in [5.41, 5.74) is 1.74. The van der Waals surface area contributed by atoms with Gasteiger partial charge in [-0.25, -0.2) is 17.9 Å². The van der Waals surface area contributed by atoms with E-state index in [1.807, 2.05) is 30.3 Å². The first kappa shape index (κ1) is 19.4. The second-order valence-electron chi connectivity index (χ2n) is 6.64. The molecule has 0 spiro atoms. The molecule has 1 aromatic heterocycles. The van der Waals surface area contributed by atoms with Crippen molar-refractivity contribution in [2.75, 3.05) is 0 Å². The fourth-order valence-corrected chi connectivity index (χ4v) is 4.68. The van der Waals surface area contributed by atoms with Crippen LogP contribution in [0.1, 0.15) is 38.3 Å². The number of nitrogens with one attached hydrogen (secondary N) is 1. The lowest BCUT2D eigenvalue weighted by atomic mass is 9.90. The second-order valence-corrected chi connectivity index (χ2v) is 8.36. The molecule has 27 heavy (non-hydrogen) atoms. The Morgan fingerprint density at radius 1 is 1.07 bits per heavy atom. The predicted octanol–water partition coefficient (Wildman–Crippen LogP) is 3.59. The molecular weight excluding hydrogens is 364 g/mol. The maximum absolute atomic E-state index is 13.0. The molecular formula is C20H24N2O4S. The molecule has 3 aromatic rings. The van der Waals surface area contributed by atoms with Gasteiger partial charge in [0.25, 0.3) is 0 Å². The Morgan fingerprint density at radius 2 is 1.74 bits per heavy atom. The van der Waals surface area contributed by atoms with E-state index in [-0.39, 0.29) is 22.4 Å². The number of sulfonamides is 1. The topological polar surface area (TPSA) is 81.3 Å². The monoisotopic (exact) mass is 388 g/mol. The second kappa shape index (κ2) is 7.70. The molecule has 0 amide bonds. The number of aromatic nitrogens is 1. The van der Waals surface area contributed by atoms with E-state index in [0.29, 0.717) is 5.52 Å². The van der Waals surface area contributed by atoms with Gasteiger partial charge in [0.05, 0.1) is 10.4 Å². The molecule has 1 unspecified atom stereocenters. The van der Waals surface area contributed by atoms with E-state index in [4.69, 9.17) is 4.42 Å².